The summed E-state index contributed by atoms with van der Waals surface area (Å²) in [5.41, 5.74) is 1.77. The molecular formula is C18H23N5O. The lowest BCUT2D eigenvalue weighted by Crippen LogP contribution is -2.30. The normalized spacial score (nSPS) is 17.5. The number of rotatable bonds is 5. The van der Waals surface area contributed by atoms with Gasteiger partial charge in [-0.1, -0.05) is 26.0 Å². The molecule has 1 aliphatic heterocycles. The van der Waals surface area contributed by atoms with Crippen LogP contribution in [0.2, 0.25) is 0 Å². The van der Waals surface area contributed by atoms with E-state index in [1.54, 1.807) is 0 Å². The molecule has 24 heavy (non-hydrogen) atoms. The summed E-state index contributed by atoms with van der Waals surface area (Å²) in [5, 5.41) is 12.2. The fourth-order valence-corrected chi connectivity index (χ4v) is 3.39. The third-order valence-electron chi connectivity index (χ3n) is 4.64. The largest absolute Gasteiger partial charge is 0.439 e. The minimum atomic E-state index is 0.415. The van der Waals surface area contributed by atoms with Crippen LogP contribution in [-0.2, 0) is 19.5 Å². The number of hydrogen-bond acceptors (Lipinski definition) is 5. The smallest absolute Gasteiger partial charge is 0.209 e. The first-order chi connectivity index (χ1) is 11.7. The lowest BCUT2D eigenvalue weighted by Gasteiger charge is -2.25. The third kappa shape index (κ3) is 2.94. The second-order valence-electron chi connectivity index (χ2n) is 6.85. The van der Waals surface area contributed by atoms with Gasteiger partial charge in [-0.25, -0.2) is 4.98 Å². The number of aromatic nitrogens is 4. The summed E-state index contributed by atoms with van der Waals surface area (Å²) in [7, 11) is 0. The monoisotopic (exact) mass is 325 g/mol. The van der Waals surface area contributed by atoms with Crippen LogP contribution in [0.1, 0.15) is 43.7 Å². The van der Waals surface area contributed by atoms with Gasteiger partial charge in [0.05, 0.1) is 6.54 Å². The number of nitrogens with one attached hydrogen (secondary N) is 1. The first-order valence-electron chi connectivity index (χ1n) is 8.68. The maximum Gasteiger partial charge on any atom is 0.209 e. The van der Waals surface area contributed by atoms with Gasteiger partial charge in [-0.05, 0) is 24.5 Å². The van der Waals surface area contributed by atoms with Gasteiger partial charge in [0.1, 0.15) is 17.2 Å². The molecule has 1 atom stereocenters. The van der Waals surface area contributed by atoms with Crippen molar-refractivity contribution >= 4 is 11.1 Å². The topological polar surface area (TPSA) is 68.8 Å². The molecule has 0 fully saturated rings. The summed E-state index contributed by atoms with van der Waals surface area (Å²) in [4.78, 5) is 4.51. The van der Waals surface area contributed by atoms with Crippen molar-refractivity contribution in [3.05, 3.63) is 41.8 Å². The summed E-state index contributed by atoms with van der Waals surface area (Å²) < 4.78 is 8.06. The van der Waals surface area contributed by atoms with E-state index in [9.17, 15) is 0 Å². The molecule has 0 bridgehead atoms. The van der Waals surface area contributed by atoms with E-state index in [1.807, 2.05) is 24.3 Å². The van der Waals surface area contributed by atoms with Crippen molar-refractivity contribution in [3.63, 3.8) is 0 Å². The molecule has 3 heterocycles. The van der Waals surface area contributed by atoms with Gasteiger partial charge in [0.25, 0.3) is 0 Å². The zero-order valence-electron chi connectivity index (χ0n) is 14.2. The van der Waals surface area contributed by atoms with Gasteiger partial charge >= 0.3 is 0 Å². The Bertz CT molecular complexity index is 802. The van der Waals surface area contributed by atoms with Crippen molar-refractivity contribution in [3.8, 4) is 0 Å². The van der Waals surface area contributed by atoms with Gasteiger partial charge in [0.15, 0.2) is 5.58 Å². The van der Waals surface area contributed by atoms with Crippen LogP contribution >= 0.6 is 0 Å². The van der Waals surface area contributed by atoms with Gasteiger partial charge in [0, 0.05) is 25.4 Å². The highest BCUT2D eigenvalue weighted by molar-refractivity contribution is 5.72. The predicted molar refractivity (Wildman–Crippen MR) is 91.6 cm³/mol. The molecule has 6 heteroatoms. The number of para-hydroxylation sites is 2. The maximum atomic E-state index is 5.75. The van der Waals surface area contributed by atoms with Crippen LogP contribution in [0, 0.1) is 5.92 Å². The molecule has 1 aliphatic rings. The molecular weight excluding hydrogens is 302 g/mol. The van der Waals surface area contributed by atoms with Crippen molar-refractivity contribution in [2.45, 2.75) is 45.7 Å². The number of oxazole rings is 1. The van der Waals surface area contributed by atoms with E-state index in [4.69, 9.17) is 4.42 Å². The molecule has 6 nitrogen and oxygen atoms in total. The lowest BCUT2D eigenvalue weighted by molar-refractivity contribution is 0.334. The summed E-state index contributed by atoms with van der Waals surface area (Å²) in [6, 6.07) is 7.88. The zero-order valence-corrected chi connectivity index (χ0v) is 14.2. The highest BCUT2D eigenvalue weighted by Gasteiger charge is 2.23. The molecule has 0 radical (unpaired) electrons. The van der Waals surface area contributed by atoms with Crippen molar-refractivity contribution in [2.75, 3.05) is 6.54 Å². The molecule has 0 saturated heterocycles. The van der Waals surface area contributed by atoms with Crippen LogP contribution in [0.15, 0.2) is 28.7 Å². The molecule has 1 N–H and O–H groups in total. The minimum Gasteiger partial charge on any atom is -0.439 e. The summed E-state index contributed by atoms with van der Waals surface area (Å²) >= 11 is 0. The SMILES string of the molecule is CC(C)c1nnc2n1C[C@@H](CNCc1nc3ccccc3o1)CC2. The molecule has 0 unspecified atom stereocenters. The Kier molecular flexibility index (Phi) is 4.06. The average molecular weight is 325 g/mol. The fraction of sp³-hybridized carbons (Fsp3) is 0.500. The van der Waals surface area contributed by atoms with E-state index in [-0.39, 0.29) is 0 Å². The number of fused-ring (bicyclic) bond motifs is 2. The number of hydrogen-bond donors (Lipinski definition) is 1. The lowest BCUT2D eigenvalue weighted by atomic mass is 9.98. The Labute approximate surface area is 141 Å². The molecule has 0 spiro atoms. The Hall–Kier alpha value is -2.21. The van der Waals surface area contributed by atoms with Crippen molar-refractivity contribution in [2.24, 2.45) is 5.92 Å². The number of benzene rings is 1. The second-order valence-corrected chi connectivity index (χ2v) is 6.85. The molecule has 0 aliphatic carbocycles. The summed E-state index contributed by atoms with van der Waals surface area (Å²) in [5.74, 6) is 4.00. The quantitative estimate of drug-likeness (QED) is 0.781. The molecule has 3 aromatic rings. The van der Waals surface area contributed by atoms with E-state index in [2.05, 4.69) is 38.9 Å². The first-order valence-corrected chi connectivity index (χ1v) is 8.68. The van der Waals surface area contributed by atoms with Gasteiger partial charge < -0.3 is 14.3 Å². The minimum absolute atomic E-state index is 0.415. The summed E-state index contributed by atoms with van der Waals surface area (Å²) in [6.45, 7) is 6.96. The number of nitrogens with zero attached hydrogens (tertiary/aromatic N) is 4. The van der Waals surface area contributed by atoms with E-state index >= 15 is 0 Å². The van der Waals surface area contributed by atoms with E-state index in [0.717, 1.165) is 54.6 Å². The standard InChI is InChI=1S/C18H23N5O/c1-12(2)18-22-21-16-8-7-13(11-23(16)18)9-19-10-17-20-14-5-3-4-6-15(14)24-17/h3-6,12-13,19H,7-11H2,1-2H3/t13-/m1/s1. The number of aryl methyl sites for hydroxylation is 1. The Morgan fingerprint density at radius 3 is 3.00 bits per heavy atom. The molecule has 4 rings (SSSR count). The molecule has 126 valence electrons. The van der Waals surface area contributed by atoms with Gasteiger partial charge in [-0.3, -0.25) is 0 Å². The second kappa shape index (κ2) is 6.36. The Balaban J connectivity index is 1.35. The van der Waals surface area contributed by atoms with E-state index < -0.39 is 0 Å². The molecule has 0 saturated carbocycles. The fourth-order valence-electron chi connectivity index (χ4n) is 3.39. The van der Waals surface area contributed by atoms with E-state index in [0.29, 0.717) is 18.4 Å². The van der Waals surface area contributed by atoms with Crippen molar-refractivity contribution < 1.29 is 4.42 Å². The Morgan fingerprint density at radius 2 is 2.17 bits per heavy atom. The van der Waals surface area contributed by atoms with Crippen molar-refractivity contribution in [1.82, 2.24) is 25.1 Å². The predicted octanol–water partition coefficient (Wildman–Crippen LogP) is 2.89. The molecule has 1 aromatic carbocycles. The van der Waals surface area contributed by atoms with Gasteiger partial charge in [-0.2, -0.15) is 0 Å². The highest BCUT2D eigenvalue weighted by atomic mass is 16.3. The summed E-state index contributed by atoms with van der Waals surface area (Å²) in [6.07, 6.45) is 2.16. The van der Waals surface area contributed by atoms with Crippen LogP contribution in [0.4, 0.5) is 0 Å². The van der Waals surface area contributed by atoms with Gasteiger partial charge in [0.2, 0.25) is 5.89 Å². The van der Waals surface area contributed by atoms with Gasteiger partial charge in [-0.15, -0.1) is 10.2 Å². The molecule has 2 aromatic heterocycles. The van der Waals surface area contributed by atoms with Crippen LogP contribution in [-0.4, -0.2) is 26.3 Å². The van der Waals surface area contributed by atoms with Crippen LogP contribution in [0.3, 0.4) is 0 Å². The van der Waals surface area contributed by atoms with Crippen LogP contribution < -0.4 is 5.32 Å². The average Bonchev–Trinajstić information content (AvgIpc) is 3.17. The highest BCUT2D eigenvalue weighted by Crippen LogP contribution is 2.23. The maximum absolute atomic E-state index is 5.75. The van der Waals surface area contributed by atoms with Crippen LogP contribution in [0.25, 0.3) is 11.1 Å². The van der Waals surface area contributed by atoms with Crippen molar-refractivity contribution in [1.29, 1.82) is 0 Å². The first kappa shape index (κ1) is 15.3. The zero-order chi connectivity index (χ0) is 16.5. The van der Waals surface area contributed by atoms with E-state index in [1.165, 1.54) is 0 Å². The Morgan fingerprint density at radius 1 is 1.29 bits per heavy atom. The molecule has 0 amide bonds. The van der Waals surface area contributed by atoms with Crippen LogP contribution in [0.5, 0.6) is 0 Å². The third-order valence-corrected chi connectivity index (χ3v) is 4.64.